The van der Waals surface area contributed by atoms with Gasteiger partial charge >= 0.3 is 0 Å². The molecule has 0 atom stereocenters. The van der Waals surface area contributed by atoms with Crippen LogP contribution in [0.2, 0.25) is 0 Å². The molecule has 3 nitrogen and oxygen atoms in total. The van der Waals surface area contributed by atoms with Crippen molar-refractivity contribution >= 4 is 28.6 Å². The number of benzene rings is 1. The molecule has 0 radical (unpaired) electrons. The van der Waals surface area contributed by atoms with Crippen molar-refractivity contribution in [2.45, 2.75) is 12.1 Å². The van der Waals surface area contributed by atoms with Gasteiger partial charge in [0.25, 0.3) is 5.24 Å². The Balaban J connectivity index is 2.68. The van der Waals surface area contributed by atoms with E-state index in [2.05, 4.69) is 9.97 Å². The Bertz CT molecular complexity index is 601. The van der Waals surface area contributed by atoms with Gasteiger partial charge in [-0.1, -0.05) is 36.0 Å². The smallest absolute Gasteiger partial charge is 0.256 e. The van der Waals surface area contributed by atoms with Crippen LogP contribution < -0.4 is 0 Å². The molecule has 2 rings (SSSR count). The molecule has 92 valence electrons. The Labute approximate surface area is 115 Å². The first kappa shape index (κ1) is 13.1. The quantitative estimate of drug-likeness (QED) is 0.489. The van der Waals surface area contributed by atoms with E-state index >= 15 is 0 Å². The summed E-state index contributed by atoms with van der Waals surface area (Å²) >= 11 is 7.01. The highest BCUT2D eigenvalue weighted by Gasteiger charge is 2.15. The lowest BCUT2D eigenvalue weighted by atomic mass is 10.0. The lowest BCUT2D eigenvalue weighted by Gasteiger charge is -2.09. The van der Waals surface area contributed by atoms with Crippen LogP contribution in [0.3, 0.4) is 0 Å². The molecule has 0 amide bonds. The van der Waals surface area contributed by atoms with Crippen LogP contribution in [0.15, 0.2) is 35.6 Å². The summed E-state index contributed by atoms with van der Waals surface area (Å²) in [6.07, 6.45) is 3.37. The summed E-state index contributed by atoms with van der Waals surface area (Å²) < 4.78 is 0. The number of hydrogen-bond donors (Lipinski definition) is 0. The maximum atomic E-state index is 11.4. The molecular weight excluding hydrogens is 268 g/mol. The van der Waals surface area contributed by atoms with Gasteiger partial charge in [-0.15, -0.1) is 0 Å². The number of carbonyl (C=O) groups is 1. The van der Waals surface area contributed by atoms with Crippen molar-refractivity contribution in [3.63, 3.8) is 0 Å². The maximum Gasteiger partial charge on any atom is 0.256 e. The van der Waals surface area contributed by atoms with Gasteiger partial charge in [0.05, 0.1) is 11.3 Å². The minimum Gasteiger partial charge on any atom is -0.275 e. The van der Waals surface area contributed by atoms with Gasteiger partial charge in [-0.05, 0) is 30.3 Å². The monoisotopic (exact) mass is 278 g/mol. The number of halogens is 1. The molecule has 0 aliphatic rings. The summed E-state index contributed by atoms with van der Waals surface area (Å²) in [5.41, 5.74) is 2.87. The van der Waals surface area contributed by atoms with E-state index in [0.29, 0.717) is 16.4 Å². The van der Waals surface area contributed by atoms with Crippen molar-refractivity contribution in [3.8, 4) is 11.3 Å². The summed E-state index contributed by atoms with van der Waals surface area (Å²) in [5.74, 6) is 0. The average Bonchev–Trinajstić information content (AvgIpc) is 2.38. The standard InChI is InChI=1S/C13H11ClN2OS/c1-8-5-3-4-6-9(8)11-10(12(14)17)7-15-13(16-11)18-2/h3-7H,1-2H3. The first-order valence-corrected chi connectivity index (χ1v) is 6.90. The molecule has 2 aromatic rings. The van der Waals surface area contributed by atoms with E-state index in [9.17, 15) is 4.79 Å². The van der Waals surface area contributed by atoms with Gasteiger partial charge in [-0.2, -0.15) is 0 Å². The van der Waals surface area contributed by atoms with Crippen molar-refractivity contribution in [3.05, 3.63) is 41.6 Å². The number of rotatable bonds is 3. The van der Waals surface area contributed by atoms with Gasteiger partial charge in [0, 0.05) is 11.8 Å². The van der Waals surface area contributed by atoms with Crippen LogP contribution in [0.5, 0.6) is 0 Å². The largest absolute Gasteiger partial charge is 0.275 e. The maximum absolute atomic E-state index is 11.4. The molecule has 0 spiro atoms. The summed E-state index contributed by atoms with van der Waals surface area (Å²) in [6.45, 7) is 1.97. The van der Waals surface area contributed by atoms with Crippen LogP contribution in [0.4, 0.5) is 0 Å². The topological polar surface area (TPSA) is 42.9 Å². The zero-order chi connectivity index (χ0) is 13.1. The van der Waals surface area contributed by atoms with Crippen molar-refractivity contribution in [1.82, 2.24) is 9.97 Å². The Kier molecular flexibility index (Phi) is 3.99. The van der Waals surface area contributed by atoms with Crippen LogP contribution in [0.25, 0.3) is 11.3 Å². The van der Waals surface area contributed by atoms with E-state index in [1.807, 2.05) is 37.4 Å². The lowest BCUT2D eigenvalue weighted by Crippen LogP contribution is -2.01. The van der Waals surface area contributed by atoms with Crippen LogP contribution in [0.1, 0.15) is 15.9 Å². The SMILES string of the molecule is CSc1ncc(C(=O)Cl)c(-c2ccccc2C)n1. The molecule has 0 aliphatic heterocycles. The second-order valence-electron chi connectivity index (χ2n) is 3.71. The predicted molar refractivity (Wildman–Crippen MR) is 74.2 cm³/mol. The second kappa shape index (κ2) is 5.50. The minimum absolute atomic E-state index is 0.337. The second-order valence-corrected chi connectivity index (χ2v) is 4.82. The van der Waals surface area contributed by atoms with Gasteiger partial charge in [-0.3, -0.25) is 4.79 Å². The third-order valence-corrected chi connectivity index (χ3v) is 3.33. The summed E-state index contributed by atoms with van der Waals surface area (Å²) in [4.78, 5) is 19.9. The van der Waals surface area contributed by atoms with E-state index in [1.54, 1.807) is 0 Å². The number of thioether (sulfide) groups is 1. The average molecular weight is 279 g/mol. The Morgan fingerprint density at radius 3 is 2.67 bits per heavy atom. The van der Waals surface area contributed by atoms with E-state index in [0.717, 1.165) is 11.1 Å². The van der Waals surface area contributed by atoms with E-state index in [-0.39, 0.29) is 0 Å². The first-order valence-electron chi connectivity index (χ1n) is 5.30. The molecule has 0 unspecified atom stereocenters. The summed E-state index contributed by atoms with van der Waals surface area (Å²) in [7, 11) is 0. The van der Waals surface area contributed by atoms with Gasteiger partial charge in [0.1, 0.15) is 0 Å². The fourth-order valence-corrected chi connectivity index (χ4v) is 2.13. The van der Waals surface area contributed by atoms with Gasteiger partial charge in [0.2, 0.25) is 0 Å². The number of aryl methyl sites for hydroxylation is 1. The Morgan fingerprint density at radius 1 is 1.33 bits per heavy atom. The third kappa shape index (κ3) is 2.54. The molecule has 0 bridgehead atoms. The summed E-state index contributed by atoms with van der Waals surface area (Å²) in [6, 6.07) is 7.74. The van der Waals surface area contributed by atoms with Crippen molar-refractivity contribution in [2.24, 2.45) is 0 Å². The fraction of sp³-hybridized carbons (Fsp3) is 0.154. The van der Waals surface area contributed by atoms with E-state index in [4.69, 9.17) is 11.6 Å². The van der Waals surface area contributed by atoms with E-state index in [1.165, 1.54) is 18.0 Å². The number of carbonyl (C=O) groups excluding carboxylic acids is 1. The highest BCUT2D eigenvalue weighted by atomic mass is 35.5. The molecule has 5 heteroatoms. The van der Waals surface area contributed by atoms with Crippen LogP contribution in [-0.4, -0.2) is 21.5 Å². The molecular formula is C13H11ClN2OS. The van der Waals surface area contributed by atoms with Crippen LogP contribution >= 0.6 is 23.4 Å². The third-order valence-electron chi connectivity index (χ3n) is 2.56. The highest BCUT2D eigenvalue weighted by Crippen LogP contribution is 2.27. The molecule has 1 heterocycles. The van der Waals surface area contributed by atoms with Crippen molar-refractivity contribution in [2.75, 3.05) is 6.26 Å². The molecule has 0 saturated heterocycles. The van der Waals surface area contributed by atoms with Crippen LogP contribution in [0, 0.1) is 6.92 Å². The molecule has 0 fully saturated rings. The Morgan fingerprint density at radius 2 is 2.06 bits per heavy atom. The molecule has 0 aliphatic carbocycles. The molecule has 1 aromatic heterocycles. The molecule has 18 heavy (non-hydrogen) atoms. The number of nitrogens with zero attached hydrogens (tertiary/aromatic N) is 2. The van der Waals surface area contributed by atoms with Gasteiger partial charge in [0.15, 0.2) is 5.16 Å². The predicted octanol–water partition coefficient (Wildman–Crippen LogP) is 3.55. The highest BCUT2D eigenvalue weighted by molar-refractivity contribution is 7.98. The zero-order valence-corrected chi connectivity index (χ0v) is 11.5. The van der Waals surface area contributed by atoms with Crippen molar-refractivity contribution in [1.29, 1.82) is 0 Å². The first-order chi connectivity index (χ1) is 8.63. The van der Waals surface area contributed by atoms with E-state index < -0.39 is 5.24 Å². The number of aromatic nitrogens is 2. The molecule has 0 saturated carbocycles. The van der Waals surface area contributed by atoms with Gasteiger partial charge < -0.3 is 0 Å². The fourth-order valence-electron chi connectivity index (χ4n) is 1.65. The minimum atomic E-state index is -0.541. The zero-order valence-electron chi connectivity index (χ0n) is 9.98. The molecule has 0 N–H and O–H groups in total. The Hall–Kier alpha value is -1.39. The normalized spacial score (nSPS) is 10.4. The summed E-state index contributed by atoms with van der Waals surface area (Å²) in [5, 5.41) is 0.0795. The molecule has 1 aromatic carbocycles. The van der Waals surface area contributed by atoms with Crippen molar-refractivity contribution < 1.29 is 4.79 Å². The number of hydrogen-bond acceptors (Lipinski definition) is 4. The lowest BCUT2D eigenvalue weighted by molar-refractivity contribution is 0.108. The van der Waals surface area contributed by atoms with Gasteiger partial charge in [-0.25, -0.2) is 9.97 Å². The van der Waals surface area contributed by atoms with Crippen LogP contribution in [-0.2, 0) is 0 Å².